The molecule has 0 unspecified atom stereocenters. The summed E-state index contributed by atoms with van der Waals surface area (Å²) in [5.41, 5.74) is 6.92. The van der Waals surface area contributed by atoms with Crippen LogP contribution in [-0.2, 0) is 6.42 Å². The third-order valence-corrected chi connectivity index (χ3v) is 2.80. The first-order chi connectivity index (χ1) is 9.76. The van der Waals surface area contributed by atoms with Gasteiger partial charge >= 0.3 is 0 Å². The maximum atomic E-state index is 5.69. The molecule has 0 amide bonds. The second-order valence-electron chi connectivity index (χ2n) is 4.53. The fourth-order valence-corrected chi connectivity index (χ4v) is 1.62. The number of ether oxygens (including phenoxy) is 1. The Bertz CT molecular complexity index is 412. The number of guanidine groups is 1. The van der Waals surface area contributed by atoms with Crippen molar-refractivity contribution in [1.29, 1.82) is 0 Å². The highest BCUT2D eigenvalue weighted by Crippen LogP contribution is 2.13. The van der Waals surface area contributed by atoms with E-state index < -0.39 is 0 Å². The molecule has 0 aliphatic carbocycles. The summed E-state index contributed by atoms with van der Waals surface area (Å²) in [6, 6.07) is 8.16. The predicted octanol–water partition coefficient (Wildman–Crippen LogP) is 2.50. The van der Waals surface area contributed by atoms with Crippen LogP contribution in [0.4, 0.5) is 0 Å². The Hall–Kier alpha value is -1.97. The average Bonchev–Trinajstić information content (AvgIpc) is 2.47. The van der Waals surface area contributed by atoms with Gasteiger partial charge in [-0.2, -0.15) is 0 Å². The monoisotopic (exact) mass is 275 g/mol. The Morgan fingerprint density at radius 2 is 2.15 bits per heavy atom. The van der Waals surface area contributed by atoms with Gasteiger partial charge in [-0.05, 0) is 30.5 Å². The highest BCUT2D eigenvalue weighted by molar-refractivity contribution is 5.77. The molecular formula is C16H25N3O. The molecule has 1 aromatic carbocycles. The summed E-state index contributed by atoms with van der Waals surface area (Å²) in [5, 5.41) is 2.95. The zero-order valence-electron chi connectivity index (χ0n) is 12.3. The van der Waals surface area contributed by atoms with Gasteiger partial charge in [-0.1, -0.05) is 31.6 Å². The molecule has 4 heteroatoms. The Labute approximate surface area is 121 Å². The molecule has 110 valence electrons. The number of nitrogens with zero attached hydrogens (tertiary/aromatic N) is 1. The van der Waals surface area contributed by atoms with Crippen molar-refractivity contribution < 1.29 is 4.74 Å². The molecule has 0 aromatic heterocycles. The molecule has 0 atom stereocenters. The van der Waals surface area contributed by atoms with E-state index in [9.17, 15) is 0 Å². The van der Waals surface area contributed by atoms with E-state index in [0.29, 0.717) is 19.0 Å². The van der Waals surface area contributed by atoms with Crippen molar-refractivity contribution in [3.05, 3.63) is 42.5 Å². The van der Waals surface area contributed by atoms with Crippen molar-refractivity contribution in [3.63, 3.8) is 0 Å². The van der Waals surface area contributed by atoms with E-state index in [1.54, 1.807) is 6.08 Å². The van der Waals surface area contributed by atoms with Crippen molar-refractivity contribution in [2.75, 3.05) is 19.7 Å². The standard InChI is InChI=1S/C16H25N3O/c1-3-5-13-20-15-8-6-14(7-9-15)10-12-19-16(17)18-11-4-2/h4,6-9H,2-3,5,10-13H2,1H3,(H3,17,18,19). The molecule has 0 spiro atoms. The topological polar surface area (TPSA) is 59.6 Å². The summed E-state index contributed by atoms with van der Waals surface area (Å²) in [5.74, 6) is 1.39. The fourth-order valence-electron chi connectivity index (χ4n) is 1.62. The Morgan fingerprint density at radius 3 is 2.80 bits per heavy atom. The third-order valence-electron chi connectivity index (χ3n) is 2.80. The van der Waals surface area contributed by atoms with Gasteiger partial charge in [0.2, 0.25) is 0 Å². The first-order valence-electron chi connectivity index (χ1n) is 7.12. The molecule has 0 radical (unpaired) electrons. The Kier molecular flexibility index (Phi) is 7.96. The Morgan fingerprint density at radius 1 is 1.40 bits per heavy atom. The number of hydrogen-bond donors (Lipinski definition) is 2. The number of hydrogen-bond acceptors (Lipinski definition) is 2. The molecule has 0 saturated carbocycles. The molecule has 0 aliphatic rings. The number of nitrogens with two attached hydrogens (primary N) is 1. The van der Waals surface area contributed by atoms with E-state index in [-0.39, 0.29) is 0 Å². The van der Waals surface area contributed by atoms with E-state index in [4.69, 9.17) is 10.5 Å². The zero-order valence-corrected chi connectivity index (χ0v) is 12.3. The van der Waals surface area contributed by atoms with Gasteiger partial charge in [0.15, 0.2) is 5.96 Å². The molecule has 0 heterocycles. The first kappa shape index (κ1) is 16.1. The van der Waals surface area contributed by atoms with E-state index in [1.165, 1.54) is 5.56 Å². The number of unbranched alkanes of at least 4 members (excludes halogenated alkanes) is 1. The van der Waals surface area contributed by atoms with Crippen LogP contribution in [0.5, 0.6) is 5.75 Å². The summed E-state index contributed by atoms with van der Waals surface area (Å²) in [6.45, 7) is 7.86. The molecule has 20 heavy (non-hydrogen) atoms. The highest BCUT2D eigenvalue weighted by Gasteiger charge is 1.96. The fraction of sp³-hybridized carbons (Fsp3) is 0.438. The van der Waals surface area contributed by atoms with Crippen LogP contribution in [0, 0.1) is 0 Å². The maximum Gasteiger partial charge on any atom is 0.188 e. The lowest BCUT2D eigenvalue weighted by Gasteiger charge is -2.06. The molecule has 0 bridgehead atoms. The van der Waals surface area contributed by atoms with Gasteiger partial charge in [0, 0.05) is 13.1 Å². The quantitative estimate of drug-likeness (QED) is 0.315. The van der Waals surface area contributed by atoms with Gasteiger partial charge in [0.25, 0.3) is 0 Å². The molecule has 0 fully saturated rings. The predicted molar refractivity (Wildman–Crippen MR) is 85.2 cm³/mol. The van der Waals surface area contributed by atoms with Crippen LogP contribution in [-0.4, -0.2) is 25.7 Å². The highest BCUT2D eigenvalue weighted by atomic mass is 16.5. The lowest BCUT2D eigenvalue weighted by Crippen LogP contribution is -2.31. The van der Waals surface area contributed by atoms with Crippen molar-refractivity contribution >= 4 is 5.96 Å². The smallest absolute Gasteiger partial charge is 0.188 e. The number of benzene rings is 1. The van der Waals surface area contributed by atoms with Crippen LogP contribution < -0.4 is 15.8 Å². The second kappa shape index (κ2) is 9.89. The maximum absolute atomic E-state index is 5.69. The Balaban J connectivity index is 2.32. The van der Waals surface area contributed by atoms with Crippen LogP contribution in [0.15, 0.2) is 41.9 Å². The second-order valence-corrected chi connectivity index (χ2v) is 4.53. The van der Waals surface area contributed by atoms with Crippen molar-refractivity contribution in [1.82, 2.24) is 5.32 Å². The lowest BCUT2D eigenvalue weighted by molar-refractivity contribution is 0.309. The van der Waals surface area contributed by atoms with E-state index in [0.717, 1.165) is 31.6 Å². The molecule has 3 N–H and O–H groups in total. The molecule has 1 aromatic rings. The van der Waals surface area contributed by atoms with Crippen LogP contribution in [0.2, 0.25) is 0 Å². The van der Waals surface area contributed by atoms with Crippen LogP contribution >= 0.6 is 0 Å². The van der Waals surface area contributed by atoms with Crippen LogP contribution in [0.25, 0.3) is 0 Å². The van der Waals surface area contributed by atoms with Crippen molar-refractivity contribution in [2.24, 2.45) is 10.7 Å². The molecule has 0 saturated heterocycles. The van der Waals surface area contributed by atoms with Gasteiger partial charge in [-0.25, -0.2) is 0 Å². The van der Waals surface area contributed by atoms with Gasteiger partial charge in [0.1, 0.15) is 5.75 Å². The minimum Gasteiger partial charge on any atom is -0.494 e. The third kappa shape index (κ3) is 6.83. The van der Waals surface area contributed by atoms with Gasteiger partial charge in [-0.3, -0.25) is 4.99 Å². The minimum absolute atomic E-state index is 0.462. The van der Waals surface area contributed by atoms with Crippen LogP contribution in [0.3, 0.4) is 0 Å². The molecular weight excluding hydrogens is 250 g/mol. The van der Waals surface area contributed by atoms with Crippen molar-refractivity contribution in [3.8, 4) is 5.75 Å². The lowest BCUT2D eigenvalue weighted by atomic mass is 10.1. The normalized spacial score (nSPS) is 11.2. The molecule has 0 aliphatic heterocycles. The van der Waals surface area contributed by atoms with E-state index in [1.807, 2.05) is 12.1 Å². The van der Waals surface area contributed by atoms with Crippen molar-refractivity contribution in [2.45, 2.75) is 26.2 Å². The average molecular weight is 275 g/mol. The summed E-state index contributed by atoms with van der Waals surface area (Å²) in [6.07, 6.45) is 4.86. The summed E-state index contributed by atoms with van der Waals surface area (Å²) in [4.78, 5) is 4.24. The summed E-state index contributed by atoms with van der Waals surface area (Å²) >= 11 is 0. The van der Waals surface area contributed by atoms with Gasteiger partial charge in [0.05, 0.1) is 6.61 Å². The number of aliphatic imine (C=N–C) groups is 1. The van der Waals surface area contributed by atoms with Crippen LogP contribution in [0.1, 0.15) is 25.3 Å². The number of nitrogens with one attached hydrogen (secondary N) is 1. The summed E-state index contributed by atoms with van der Waals surface area (Å²) < 4.78 is 5.62. The minimum atomic E-state index is 0.462. The molecule has 4 nitrogen and oxygen atoms in total. The molecule has 1 rings (SSSR count). The van der Waals surface area contributed by atoms with Gasteiger partial charge in [-0.15, -0.1) is 6.58 Å². The first-order valence-corrected chi connectivity index (χ1v) is 7.12. The summed E-state index contributed by atoms with van der Waals surface area (Å²) in [7, 11) is 0. The number of rotatable bonds is 9. The SMILES string of the molecule is C=CCNC(N)=NCCc1ccc(OCCCC)cc1. The van der Waals surface area contributed by atoms with Gasteiger partial charge < -0.3 is 15.8 Å². The zero-order chi connectivity index (χ0) is 14.6. The van der Waals surface area contributed by atoms with E-state index >= 15 is 0 Å². The van der Waals surface area contributed by atoms with E-state index in [2.05, 4.69) is 35.9 Å². The largest absolute Gasteiger partial charge is 0.494 e.